The van der Waals surface area contributed by atoms with E-state index in [1.165, 1.54) is 22.3 Å². The molecule has 0 unspecified atom stereocenters. The van der Waals surface area contributed by atoms with Gasteiger partial charge in [0.05, 0.1) is 0 Å². The molecule has 3 aromatic rings. The zero-order chi connectivity index (χ0) is 23.4. The summed E-state index contributed by atoms with van der Waals surface area (Å²) in [5, 5.41) is 4.43. The van der Waals surface area contributed by atoms with Gasteiger partial charge in [-0.2, -0.15) is 0 Å². The standard InChI is InChI=1S/C28H39N3O/c1-18(2)16-31(17-19(3)4)28(32)22-8-9-26-25(15-22)24(10-11-29-7)27(30-26)23-13-20(5)12-21(6)14-23/h8-9,12-15,18-19,29-30H,10-11,16-17H2,1-7H3. The van der Waals surface area contributed by atoms with Crippen LogP contribution in [0.3, 0.4) is 0 Å². The van der Waals surface area contributed by atoms with E-state index in [1.807, 2.05) is 18.0 Å². The maximum atomic E-state index is 13.5. The first kappa shape index (κ1) is 24.1. The SMILES string of the molecule is CNCCc1c(-c2cc(C)cc(C)c2)[nH]c2ccc(C(=O)N(CC(C)C)CC(C)C)cc12. The van der Waals surface area contributed by atoms with E-state index in [0.29, 0.717) is 11.8 Å². The number of aromatic nitrogens is 1. The monoisotopic (exact) mass is 433 g/mol. The summed E-state index contributed by atoms with van der Waals surface area (Å²) in [4.78, 5) is 19.1. The molecular weight excluding hydrogens is 394 g/mol. The zero-order valence-electron chi connectivity index (χ0n) is 20.8. The van der Waals surface area contributed by atoms with Crippen molar-refractivity contribution in [3.63, 3.8) is 0 Å². The Morgan fingerprint density at radius 2 is 1.59 bits per heavy atom. The van der Waals surface area contributed by atoms with Gasteiger partial charge in [0.1, 0.15) is 0 Å². The van der Waals surface area contributed by atoms with Crippen LogP contribution in [0.4, 0.5) is 0 Å². The van der Waals surface area contributed by atoms with Crippen LogP contribution in [0, 0.1) is 25.7 Å². The molecule has 0 bridgehead atoms. The van der Waals surface area contributed by atoms with Gasteiger partial charge in [-0.25, -0.2) is 0 Å². The molecule has 0 saturated heterocycles. The third kappa shape index (κ3) is 5.60. The molecule has 0 saturated carbocycles. The largest absolute Gasteiger partial charge is 0.354 e. The Kier molecular flexibility index (Phi) is 7.78. The number of nitrogens with one attached hydrogen (secondary N) is 2. The lowest BCUT2D eigenvalue weighted by Gasteiger charge is -2.26. The number of amides is 1. The van der Waals surface area contributed by atoms with Crippen LogP contribution in [0.2, 0.25) is 0 Å². The van der Waals surface area contributed by atoms with Crippen molar-refractivity contribution in [2.45, 2.75) is 48.0 Å². The van der Waals surface area contributed by atoms with Gasteiger partial charge in [0.15, 0.2) is 0 Å². The molecule has 32 heavy (non-hydrogen) atoms. The minimum atomic E-state index is 0.128. The summed E-state index contributed by atoms with van der Waals surface area (Å²) >= 11 is 0. The van der Waals surface area contributed by atoms with Gasteiger partial charge in [-0.3, -0.25) is 4.79 Å². The molecule has 1 amide bonds. The number of carbonyl (C=O) groups is 1. The average molecular weight is 434 g/mol. The van der Waals surface area contributed by atoms with Crippen molar-refractivity contribution in [1.82, 2.24) is 15.2 Å². The van der Waals surface area contributed by atoms with Crippen molar-refractivity contribution in [2.75, 3.05) is 26.7 Å². The maximum Gasteiger partial charge on any atom is 0.253 e. The Hall–Kier alpha value is -2.59. The van der Waals surface area contributed by atoms with Crippen LogP contribution in [0.5, 0.6) is 0 Å². The van der Waals surface area contributed by atoms with Crippen molar-refractivity contribution < 1.29 is 4.79 Å². The molecule has 172 valence electrons. The first-order chi connectivity index (χ1) is 15.2. The lowest BCUT2D eigenvalue weighted by Crippen LogP contribution is -2.37. The number of hydrogen-bond acceptors (Lipinski definition) is 2. The summed E-state index contributed by atoms with van der Waals surface area (Å²) in [6, 6.07) is 12.8. The number of nitrogens with zero attached hydrogens (tertiary/aromatic N) is 1. The van der Waals surface area contributed by atoms with Crippen LogP contribution in [0.1, 0.15) is 54.7 Å². The fourth-order valence-electron chi connectivity index (χ4n) is 4.56. The van der Waals surface area contributed by atoms with E-state index < -0.39 is 0 Å². The van der Waals surface area contributed by atoms with Gasteiger partial charge in [0.25, 0.3) is 5.91 Å². The van der Waals surface area contributed by atoms with E-state index in [9.17, 15) is 4.79 Å². The van der Waals surface area contributed by atoms with Crippen molar-refractivity contribution in [3.8, 4) is 11.3 Å². The van der Waals surface area contributed by atoms with Gasteiger partial charge in [-0.1, -0.05) is 44.9 Å². The van der Waals surface area contributed by atoms with Gasteiger partial charge in [-0.15, -0.1) is 0 Å². The zero-order valence-corrected chi connectivity index (χ0v) is 20.8. The van der Waals surface area contributed by atoms with Crippen LogP contribution in [0.15, 0.2) is 36.4 Å². The van der Waals surface area contributed by atoms with Gasteiger partial charge in [0, 0.05) is 35.2 Å². The Balaban J connectivity index is 2.09. The molecule has 2 N–H and O–H groups in total. The number of fused-ring (bicyclic) bond motifs is 1. The molecule has 4 nitrogen and oxygen atoms in total. The molecule has 0 aliphatic rings. The lowest BCUT2D eigenvalue weighted by atomic mass is 9.98. The number of rotatable bonds is 9. The highest BCUT2D eigenvalue weighted by Crippen LogP contribution is 2.33. The minimum Gasteiger partial charge on any atom is -0.354 e. The van der Waals surface area contributed by atoms with Crippen molar-refractivity contribution in [1.29, 1.82) is 0 Å². The quantitative estimate of drug-likeness (QED) is 0.437. The van der Waals surface area contributed by atoms with E-state index in [0.717, 1.165) is 48.2 Å². The molecule has 4 heteroatoms. The fraction of sp³-hybridized carbons (Fsp3) is 0.464. The first-order valence-corrected chi connectivity index (χ1v) is 11.9. The molecule has 1 heterocycles. The maximum absolute atomic E-state index is 13.5. The summed E-state index contributed by atoms with van der Waals surface area (Å²) in [6.45, 7) is 15.4. The summed E-state index contributed by atoms with van der Waals surface area (Å²) in [5.74, 6) is 1.01. The normalized spacial score (nSPS) is 11.7. The second kappa shape index (κ2) is 10.4. The number of benzene rings is 2. The Morgan fingerprint density at radius 3 is 2.16 bits per heavy atom. The second-order valence-corrected chi connectivity index (χ2v) is 9.97. The number of aryl methyl sites for hydroxylation is 2. The van der Waals surface area contributed by atoms with Crippen molar-refractivity contribution >= 4 is 16.8 Å². The molecule has 0 atom stereocenters. The van der Waals surface area contributed by atoms with Gasteiger partial charge < -0.3 is 15.2 Å². The number of aromatic amines is 1. The van der Waals surface area contributed by atoms with E-state index in [-0.39, 0.29) is 5.91 Å². The van der Waals surface area contributed by atoms with Crippen LogP contribution in [-0.4, -0.2) is 42.5 Å². The van der Waals surface area contributed by atoms with Gasteiger partial charge in [-0.05, 0) is 87.2 Å². The highest BCUT2D eigenvalue weighted by molar-refractivity contribution is 6.00. The lowest BCUT2D eigenvalue weighted by molar-refractivity contribution is 0.0715. The van der Waals surface area contributed by atoms with Gasteiger partial charge >= 0.3 is 0 Å². The van der Waals surface area contributed by atoms with Crippen LogP contribution >= 0.6 is 0 Å². The Bertz CT molecular complexity index is 1050. The van der Waals surface area contributed by atoms with Crippen LogP contribution in [-0.2, 0) is 6.42 Å². The van der Waals surface area contributed by atoms with Crippen molar-refractivity contribution in [2.24, 2.45) is 11.8 Å². The summed E-state index contributed by atoms with van der Waals surface area (Å²) in [7, 11) is 1.98. The number of likely N-dealkylation sites (N-methyl/N-ethyl adjacent to an activating group) is 1. The molecule has 0 radical (unpaired) electrons. The van der Waals surface area contributed by atoms with Crippen LogP contribution in [0.25, 0.3) is 22.2 Å². The molecule has 2 aromatic carbocycles. The smallest absolute Gasteiger partial charge is 0.253 e. The minimum absolute atomic E-state index is 0.128. The third-order valence-electron chi connectivity index (χ3n) is 5.75. The predicted octanol–water partition coefficient (Wildman–Crippen LogP) is 5.97. The average Bonchev–Trinajstić information content (AvgIpc) is 3.07. The van der Waals surface area contributed by atoms with Gasteiger partial charge in [0.2, 0.25) is 0 Å². The molecule has 0 aliphatic heterocycles. The summed E-state index contributed by atoms with van der Waals surface area (Å²) in [5.41, 5.74) is 8.01. The number of hydrogen-bond donors (Lipinski definition) is 2. The molecule has 0 aliphatic carbocycles. The Labute approximate surface area is 193 Å². The van der Waals surface area contributed by atoms with Crippen LogP contribution < -0.4 is 5.32 Å². The highest BCUT2D eigenvalue weighted by atomic mass is 16.2. The summed E-state index contributed by atoms with van der Waals surface area (Å²) in [6.07, 6.45) is 0.901. The van der Waals surface area contributed by atoms with E-state index in [4.69, 9.17) is 0 Å². The molecule has 0 spiro atoms. The topological polar surface area (TPSA) is 48.1 Å². The van der Waals surface area contributed by atoms with E-state index in [1.54, 1.807) is 0 Å². The summed E-state index contributed by atoms with van der Waals surface area (Å²) < 4.78 is 0. The molecule has 0 fully saturated rings. The Morgan fingerprint density at radius 1 is 0.969 bits per heavy atom. The number of carbonyl (C=O) groups excluding carboxylic acids is 1. The third-order valence-corrected chi connectivity index (χ3v) is 5.75. The van der Waals surface area contributed by atoms with Crippen molar-refractivity contribution in [3.05, 3.63) is 58.7 Å². The molecule has 3 rings (SSSR count). The number of H-pyrrole nitrogens is 1. The molecule has 1 aromatic heterocycles. The predicted molar refractivity (Wildman–Crippen MR) is 136 cm³/mol. The first-order valence-electron chi connectivity index (χ1n) is 11.9. The fourth-order valence-corrected chi connectivity index (χ4v) is 4.56. The van der Waals surface area contributed by atoms with E-state index in [2.05, 4.69) is 82.2 Å². The highest BCUT2D eigenvalue weighted by Gasteiger charge is 2.20. The molecular formula is C28H39N3O. The second-order valence-electron chi connectivity index (χ2n) is 9.97. The van der Waals surface area contributed by atoms with E-state index >= 15 is 0 Å².